The van der Waals surface area contributed by atoms with Gasteiger partial charge in [-0.15, -0.1) is 0 Å². The predicted octanol–water partition coefficient (Wildman–Crippen LogP) is 5.45. The number of benzene rings is 2. The van der Waals surface area contributed by atoms with Gasteiger partial charge in [0.1, 0.15) is 0 Å². The number of alkyl halides is 1. The van der Waals surface area contributed by atoms with Crippen LogP contribution in [-0.2, 0) is 12.1 Å². The lowest BCUT2D eigenvalue weighted by atomic mass is 9.94. The molecular formula is C23H27FN2O. The summed E-state index contributed by atoms with van der Waals surface area (Å²) in [5.41, 5.74) is 2.32. The Balaban J connectivity index is 1.84. The molecule has 0 radical (unpaired) electrons. The molecule has 3 nitrogen and oxygen atoms in total. The highest BCUT2D eigenvalue weighted by atomic mass is 19.1. The van der Waals surface area contributed by atoms with Crippen LogP contribution in [0.4, 0.5) is 4.39 Å². The largest absolute Gasteiger partial charge is 0.347 e. The third-order valence-electron chi connectivity index (χ3n) is 4.99. The van der Waals surface area contributed by atoms with Gasteiger partial charge in [0.05, 0.1) is 17.8 Å². The van der Waals surface area contributed by atoms with Gasteiger partial charge < -0.3 is 9.88 Å². The summed E-state index contributed by atoms with van der Waals surface area (Å²) in [6.45, 7) is 4.54. The highest BCUT2D eigenvalue weighted by molar-refractivity contribution is 6.07. The second kappa shape index (κ2) is 8.38. The molecule has 1 heterocycles. The fourth-order valence-corrected chi connectivity index (χ4v) is 3.44. The lowest BCUT2D eigenvalue weighted by Gasteiger charge is -2.26. The van der Waals surface area contributed by atoms with E-state index in [2.05, 4.69) is 9.88 Å². The SMILES string of the molecule is CC(C)(NC(=O)c1cn(CCCCCF)c2ccccc12)c1ccccc1. The van der Waals surface area contributed by atoms with E-state index >= 15 is 0 Å². The quantitative estimate of drug-likeness (QED) is 0.529. The molecular weight excluding hydrogens is 339 g/mol. The average Bonchev–Trinajstić information content (AvgIpc) is 3.05. The molecule has 27 heavy (non-hydrogen) atoms. The van der Waals surface area contributed by atoms with Crippen LogP contribution in [0.25, 0.3) is 10.9 Å². The average molecular weight is 366 g/mol. The summed E-state index contributed by atoms with van der Waals surface area (Å²) >= 11 is 0. The van der Waals surface area contributed by atoms with Crippen molar-refractivity contribution >= 4 is 16.8 Å². The number of hydrogen-bond acceptors (Lipinski definition) is 1. The summed E-state index contributed by atoms with van der Waals surface area (Å²) in [5.74, 6) is -0.0810. The lowest BCUT2D eigenvalue weighted by Crippen LogP contribution is -2.40. The van der Waals surface area contributed by atoms with E-state index < -0.39 is 5.54 Å². The highest BCUT2D eigenvalue weighted by Crippen LogP contribution is 2.25. The van der Waals surface area contributed by atoms with Crippen molar-refractivity contribution in [2.75, 3.05) is 6.67 Å². The zero-order valence-corrected chi connectivity index (χ0v) is 16.0. The third kappa shape index (κ3) is 4.38. The molecule has 0 atom stereocenters. The minimum atomic E-state index is -0.470. The maximum absolute atomic E-state index is 13.1. The number of hydrogen-bond donors (Lipinski definition) is 1. The van der Waals surface area contributed by atoms with Gasteiger partial charge >= 0.3 is 0 Å². The Morgan fingerprint density at radius 2 is 1.70 bits per heavy atom. The van der Waals surface area contributed by atoms with E-state index in [1.165, 1.54) is 0 Å². The fraction of sp³-hybridized carbons (Fsp3) is 0.348. The van der Waals surface area contributed by atoms with Crippen molar-refractivity contribution in [3.05, 3.63) is 71.9 Å². The first kappa shape index (κ1) is 19.2. The van der Waals surface area contributed by atoms with E-state index in [4.69, 9.17) is 0 Å². The third-order valence-corrected chi connectivity index (χ3v) is 4.99. The minimum Gasteiger partial charge on any atom is -0.347 e. The molecule has 0 saturated carbocycles. The standard InChI is InChI=1S/C23H27FN2O/c1-23(2,18-11-5-3-6-12-18)25-22(27)20-17-26(16-10-4-9-15-24)21-14-8-7-13-19(20)21/h3,5-8,11-14,17H,4,9-10,15-16H2,1-2H3,(H,25,27). The number of halogens is 1. The zero-order valence-electron chi connectivity index (χ0n) is 16.0. The number of carbonyl (C=O) groups is 1. The van der Waals surface area contributed by atoms with Gasteiger partial charge in [0.15, 0.2) is 0 Å². The van der Waals surface area contributed by atoms with Crippen LogP contribution in [0.1, 0.15) is 49.0 Å². The van der Waals surface area contributed by atoms with Gasteiger partial charge in [0, 0.05) is 23.6 Å². The second-order valence-electron chi connectivity index (χ2n) is 7.45. The van der Waals surface area contributed by atoms with Crippen LogP contribution >= 0.6 is 0 Å². The Labute approximate surface area is 160 Å². The topological polar surface area (TPSA) is 34.0 Å². The number of nitrogens with zero attached hydrogens (tertiary/aromatic N) is 1. The number of para-hydroxylation sites is 1. The molecule has 3 rings (SSSR count). The van der Waals surface area contributed by atoms with Crippen LogP contribution in [0.3, 0.4) is 0 Å². The van der Waals surface area contributed by atoms with Crippen molar-refractivity contribution in [2.45, 2.75) is 45.2 Å². The summed E-state index contributed by atoms with van der Waals surface area (Å²) in [6.07, 6.45) is 4.28. The summed E-state index contributed by atoms with van der Waals surface area (Å²) in [5, 5.41) is 4.12. The van der Waals surface area contributed by atoms with Crippen LogP contribution in [0.15, 0.2) is 60.8 Å². The molecule has 3 aromatic rings. The summed E-state index contributed by atoms with van der Waals surface area (Å²) < 4.78 is 14.4. The first-order valence-electron chi connectivity index (χ1n) is 9.55. The van der Waals surface area contributed by atoms with Crippen molar-refractivity contribution in [3.63, 3.8) is 0 Å². The molecule has 2 aromatic carbocycles. The van der Waals surface area contributed by atoms with Gasteiger partial charge in [0.25, 0.3) is 5.91 Å². The molecule has 0 saturated heterocycles. The smallest absolute Gasteiger partial charge is 0.254 e. The maximum atomic E-state index is 13.1. The number of aryl methyl sites for hydroxylation is 1. The van der Waals surface area contributed by atoms with Crippen molar-refractivity contribution in [3.8, 4) is 0 Å². The van der Waals surface area contributed by atoms with E-state index in [0.717, 1.165) is 35.9 Å². The monoisotopic (exact) mass is 366 g/mol. The highest BCUT2D eigenvalue weighted by Gasteiger charge is 2.25. The van der Waals surface area contributed by atoms with Gasteiger partial charge in [0.2, 0.25) is 0 Å². The number of unbranched alkanes of at least 4 members (excludes halogenated alkanes) is 2. The van der Waals surface area contributed by atoms with E-state index in [-0.39, 0.29) is 12.6 Å². The molecule has 0 aliphatic carbocycles. The number of amides is 1. The normalized spacial score (nSPS) is 11.7. The molecule has 0 aliphatic heterocycles. The summed E-state index contributed by atoms with van der Waals surface area (Å²) in [6, 6.07) is 17.9. The summed E-state index contributed by atoms with van der Waals surface area (Å²) in [4.78, 5) is 13.1. The first-order valence-corrected chi connectivity index (χ1v) is 9.55. The van der Waals surface area contributed by atoms with E-state index in [0.29, 0.717) is 12.0 Å². The molecule has 0 unspecified atom stereocenters. The predicted molar refractivity (Wildman–Crippen MR) is 109 cm³/mol. The molecule has 1 amide bonds. The van der Waals surface area contributed by atoms with Crippen LogP contribution in [0.2, 0.25) is 0 Å². The Bertz CT molecular complexity index is 899. The van der Waals surface area contributed by atoms with Crippen molar-refractivity contribution < 1.29 is 9.18 Å². The molecule has 142 valence electrons. The Morgan fingerprint density at radius 3 is 2.44 bits per heavy atom. The van der Waals surface area contributed by atoms with E-state index in [9.17, 15) is 9.18 Å². The molecule has 0 bridgehead atoms. The molecule has 4 heteroatoms. The van der Waals surface area contributed by atoms with Gasteiger partial charge in [-0.3, -0.25) is 9.18 Å². The number of fused-ring (bicyclic) bond motifs is 1. The van der Waals surface area contributed by atoms with Crippen molar-refractivity contribution in [1.82, 2.24) is 9.88 Å². The van der Waals surface area contributed by atoms with Gasteiger partial charge in [-0.05, 0) is 44.7 Å². The molecule has 0 spiro atoms. The number of aromatic nitrogens is 1. The number of nitrogens with one attached hydrogen (secondary N) is 1. The second-order valence-corrected chi connectivity index (χ2v) is 7.45. The van der Waals surface area contributed by atoms with E-state index in [1.54, 1.807) is 0 Å². The molecule has 1 aromatic heterocycles. The number of carbonyl (C=O) groups excluding carboxylic acids is 1. The maximum Gasteiger partial charge on any atom is 0.254 e. The van der Waals surface area contributed by atoms with Crippen molar-refractivity contribution in [1.29, 1.82) is 0 Å². The lowest BCUT2D eigenvalue weighted by molar-refractivity contribution is 0.0913. The van der Waals surface area contributed by atoms with E-state index in [1.807, 2.05) is 74.6 Å². The van der Waals surface area contributed by atoms with Gasteiger partial charge in [-0.2, -0.15) is 0 Å². The Kier molecular flexibility index (Phi) is 5.94. The van der Waals surface area contributed by atoms with Gasteiger partial charge in [-0.25, -0.2) is 0 Å². The van der Waals surface area contributed by atoms with Crippen LogP contribution in [0, 0.1) is 0 Å². The first-order chi connectivity index (χ1) is 13.0. The number of rotatable bonds is 8. The van der Waals surface area contributed by atoms with Crippen LogP contribution in [-0.4, -0.2) is 17.1 Å². The summed E-state index contributed by atoms with van der Waals surface area (Å²) in [7, 11) is 0. The molecule has 0 fully saturated rings. The zero-order chi connectivity index (χ0) is 19.3. The van der Waals surface area contributed by atoms with Crippen LogP contribution < -0.4 is 5.32 Å². The van der Waals surface area contributed by atoms with Crippen molar-refractivity contribution in [2.24, 2.45) is 0 Å². The van der Waals surface area contributed by atoms with Crippen LogP contribution in [0.5, 0.6) is 0 Å². The minimum absolute atomic E-state index is 0.0810. The molecule has 0 aliphatic rings. The Hall–Kier alpha value is -2.62. The fourth-order valence-electron chi connectivity index (χ4n) is 3.44. The van der Waals surface area contributed by atoms with Gasteiger partial charge in [-0.1, -0.05) is 48.5 Å². The molecule has 1 N–H and O–H groups in total. The Morgan fingerprint density at radius 1 is 1.00 bits per heavy atom.